The number of methoxy groups -OCH3 is 1. The summed E-state index contributed by atoms with van der Waals surface area (Å²) in [4.78, 5) is 26.0. The molecular formula is C21H20N2O5S2. The second-order valence-electron chi connectivity index (χ2n) is 6.48. The standard InChI is InChI=1S/C21H20N2O5S2/c1-23(2)30(26,27)16-11-9-15(10-12-16)20(24)22-17-13-18(14-7-5-4-6-8-14)29-19(17)21(25)28-3/h4-13H,1-3H3,(H,22,24). The Bertz CT molecular complexity index is 1170. The first-order valence-electron chi connectivity index (χ1n) is 8.85. The van der Waals surface area contributed by atoms with Crippen LogP contribution in [0, 0.1) is 0 Å². The molecule has 0 atom stereocenters. The predicted octanol–water partition coefficient (Wildman–Crippen LogP) is 3.70. The third-order valence-electron chi connectivity index (χ3n) is 4.30. The van der Waals surface area contributed by atoms with E-state index in [-0.39, 0.29) is 15.3 Å². The van der Waals surface area contributed by atoms with Crippen molar-refractivity contribution in [3.8, 4) is 10.4 Å². The zero-order valence-corrected chi connectivity index (χ0v) is 18.2. The highest BCUT2D eigenvalue weighted by Crippen LogP contribution is 2.35. The first-order chi connectivity index (χ1) is 14.2. The van der Waals surface area contributed by atoms with Gasteiger partial charge in [-0.05, 0) is 35.9 Å². The number of amides is 1. The predicted molar refractivity (Wildman–Crippen MR) is 116 cm³/mol. The highest BCUT2D eigenvalue weighted by atomic mass is 32.2. The van der Waals surface area contributed by atoms with Crippen molar-refractivity contribution in [3.63, 3.8) is 0 Å². The number of rotatable bonds is 6. The number of hydrogen-bond donors (Lipinski definition) is 1. The van der Waals surface area contributed by atoms with E-state index >= 15 is 0 Å². The molecule has 3 aromatic rings. The Kier molecular flexibility index (Phi) is 6.35. The molecule has 0 spiro atoms. The molecule has 3 rings (SSSR count). The van der Waals surface area contributed by atoms with Gasteiger partial charge in [-0.15, -0.1) is 11.3 Å². The number of anilines is 1. The van der Waals surface area contributed by atoms with Gasteiger partial charge in [-0.2, -0.15) is 0 Å². The fourth-order valence-corrected chi connectivity index (χ4v) is 4.60. The van der Waals surface area contributed by atoms with Crippen molar-refractivity contribution in [1.82, 2.24) is 4.31 Å². The van der Waals surface area contributed by atoms with Gasteiger partial charge in [0.05, 0.1) is 17.7 Å². The maximum atomic E-state index is 12.7. The van der Waals surface area contributed by atoms with E-state index in [0.717, 1.165) is 14.7 Å². The number of sulfonamides is 1. The van der Waals surface area contributed by atoms with Gasteiger partial charge in [0, 0.05) is 24.5 Å². The SMILES string of the molecule is COC(=O)c1sc(-c2ccccc2)cc1NC(=O)c1ccc(S(=O)(=O)N(C)C)cc1. The normalized spacial score (nSPS) is 11.3. The van der Waals surface area contributed by atoms with Gasteiger partial charge in [0.1, 0.15) is 4.88 Å². The summed E-state index contributed by atoms with van der Waals surface area (Å²) in [6.45, 7) is 0. The van der Waals surface area contributed by atoms with Crippen LogP contribution >= 0.6 is 11.3 Å². The van der Waals surface area contributed by atoms with Crippen LogP contribution in [0.1, 0.15) is 20.0 Å². The van der Waals surface area contributed by atoms with Gasteiger partial charge in [-0.1, -0.05) is 30.3 Å². The summed E-state index contributed by atoms with van der Waals surface area (Å²) in [5.41, 5.74) is 1.50. The van der Waals surface area contributed by atoms with E-state index in [4.69, 9.17) is 4.74 Å². The summed E-state index contributed by atoms with van der Waals surface area (Å²) in [6, 6.07) is 16.8. The Hall–Kier alpha value is -3.01. The lowest BCUT2D eigenvalue weighted by Crippen LogP contribution is -2.22. The molecule has 156 valence electrons. The number of carbonyl (C=O) groups excluding carboxylic acids is 2. The van der Waals surface area contributed by atoms with Crippen molar-refractivity contribution in [2.75, 3.05) is 26.5 Å². The number of ether oxygens (including phenoxy) is 1. The topological polar surface area (TPSA) is 92.8 Å². The molecule has 9 heteroatoms. The number of hydrogen-bond acceptors (Lipinski definition) is 6. The number of carbonyl (C=O) groups is 2. The van der Waals surface area contributed by atoms with Gasteiger partial charge >= 0.3 is 5.97 Å². The van der Waals surface area contributed by atoms with Crippen LogP contribution in [-0.4, -0.2) is 45.8 Å². The van der Waals surface area contributed by atoms with Crippen LogP contribution < -0.4 is 5.32 Å². The molecule has 0 aliphatic carbocycles. The molecule has 0 unspecified atom stereocenters. The molecule has 0 fully saturated rings. The summed E-state index contributed by atoms with van der Waals surface area (Å²) in [7, 11) is 0.564. The van der Waals surface area contributed by atoms with Crippen molar-refractivity contribution < 1.29 is 22.7 Å². The lowest BCUT2D eigenvalue weighted by Gasteiger charge is -2.11. The first kappa shape index (κ1) is 21.7. The molecule has 1 heterocycles. The minimum atomic E-state index is -3.58. The molecule has 1 amide bonds. The summed E-state index contributed by atoms with van der Waals surface area (Å²) in [5, 5.41) is 2.72. The highest BCUT2D eigenvalue weighted by molar-refractivity contribution is 7.89. The molecule has 0 saturated carbocycles. The summed E-state index contributed by atoms with van der Waals surface area (Å²) in [6.07, 6.45) is 0. The Balaban J connectivity index is 1.89. The minimum Gasteiger partial charge on any atom is -0.465 e. The molecule has 0 radical (unpaired) electrons. The van der Waals surface area contributed by atoms with Crippen LogP contribution in [-0.2, 0) is 14.8 Å². The van der Waals surface area contributed by atoms with Gasteiger partial charge in [0.25, 0.3) is 5.91 Å². The van der Waals surface area contributed by atoms with Crippen molar-refractivity contribution >= 4 is 38.9 Å². The largest absolute Gasteiger partial charge is 0.465 e. The van der Waals surface area contributed by atoms with E-state index < -0.39 is 21.9 Å². The fraction of sp³-hybridized carbons (Fsp3) is 0.143. The summed E-state index contributed by atoms with van der Waals surface area (Å²) in [5.74, 6) is -1.02. The number of esters is 1. The fourth-order valence-electron chi connectivity index (χ4n) is 2.66. The molecule has 0 saturated heterocycles. The maximum absolute atomic E-state index is 12.7. The molecule has 0 aliphatic rings. The van der Waals surface area contributed by atoms with Crippen LogP contribution in [0.15, 0.2) is 65.6 Å². The Morgan fingerprint density at radius 1 is 1.00 bits per heavy atom. The molecule has 2 aromatic carbocycles. The lowest BCUT2D eigenvalue weighted by molar-refractivity contribution is 0.0607. The van der Waals surface area contributed by atoms with Crippen LogP contribution in [0.25, 0.3) is 10.4 Å². The van der Waals surface area contributed by atoms with E-state index in [1.165, 1.54) is 56.8 Å². The zero-order chi connectivity index (χ0) is 21.9. The monoisotopic (exact) mass is 444 g/mol. The number of nitrogens with zero attached hydrogens (tertiary/aromatic N) is 1. The second kappa shape index (κ2) is 8.78. The van der Waals surface area contributed by atoms with Gasteiger partial charge < -0.3 is 10.1 Å². The van der Waals surface area contributed by atoms with Gasteiger partial charge in [-0.3, -0.25) is 4.79 Å². The summed E-state index contributed by atoms with van der Waals surface area (Å²) >= 11 is 1.22. The van der Waals surface area contributed by atoms with E-state index in [1.54, 1.807) is 6.07 Å². The average Bonchev–Trinajstić information content (AvgIpc) is 3.17. The number of thiophene rings is 1. The van der Waals surface area contributed by atoms with Crippen LogP contribution in [0.5, 0.6) is 0 Å². The van der Waals surface area contributed by atoms with Gasteiger partial charge in [-0.25, -0.2) is 17.5 Å². The van der Waals surface area contributed by atoms with Crippen molar-refractivity contribution in [2.45, 2.75) is 4.90 Å². The minimum absolute atomic E-state index is 0.0844. The van der Waals surface area contributed by atoms with Crippen molar-refractivity contribution in [1.29, 1.82) is 0 Å². The molecule has 1 aromatic heterocycles. The molecule has 7 nitrogen and oxygen atoms in total. The Labute approximate surface area is 179 Å². The molecule has 1 N–H and O–H groups in total. The smallest absolute Gasteiger partial charge is 0.350 e. The zero-order valence-electron chi connectivity index (χ0n) is 16.6. The van der Waals surface area contributed by atoms with E-state index in [2.05, 4.69) is 5.32 Å². The van der Waals surface area contributed by atoms with Crippen LogP contribution in [0.4, 0.5) is 5.69 Å². The van der Waals surface area contributed by atoms with E-state index in [1.807, 2.05) is 30.3 Å². The quantitative estimate of drug-likeness (QED) is 0.585. The summed E-state index contributed by atoms with van der Waals surface area (Å²) < 4.78 is 30.3. The van der Waals surface area contributed by atoms with Crippen LogP contribution in [0.2, 0.25) is 0 Å². The lowest BCUT2D eigenvalue weighted by atomic mass is 10.2. The van der Waals surface area contributed by atoms with Gasteiger partial charge in [0.15, 0.2) is 0 Å². The maximum Gasteiger partial charge on any atom is 0.350 e. The Morgan fingerprint density at radius 2 is 1.63 bits per heavy atom. The molecule has 0 bridgehead atoms. The third kappa shape index (κ3) is 4.43. The molecule has 30 heavy (non-hydrogen) atoms. The number of benzene rings is 2. The molecule has 0 aliphatic heterocycles. The van der Waals surface area contributed by atoms with Crippen molar-refractivity contribution in [2.24, 2.45) is 0 Å². The highest BCUT2D eigenvalue weighted by Gasteiger charge is 2.21. The van der Waals surface area contributed by atoms with E-state index in [9.17, 15) is 18.0 Å². The third-order valence-corrected chi connectivity index (χ3v) is 7.30. The first-order valence-corrected chi connectivity index (χ1v) is 11.1. The molecular weight excluding hydrogens is 424 g/mol. The average molecular weight is 445 g/mol. The Morgan fingerprint density at radius 3 is 2.20 bits per heavy atom. The van der Waals surface area contributed by atoms with E-state index in [0.29, 0.717) is 5.69 Å². The second-order valence-corrected chi connectivity index (χ2v) is 9.68. The number of nitrogens with one attached hydrogen (secondary N) is 1. The van der Waals surface area contributed by atoms with Crippen molar-refractivity contribution in [3.05, 3.63) is 71.1 Å². The van der Waals surface area contributed by atoms with Gasteiger partial charge in [0.2, 0.25) is 10.0 Å². The van der Waals surface area contributed by atoms with Crippen LogP contribution in [0.3, 0.4) is 0 Å².